The van der Waals surface area contributed by atoms with Gasteiger partial charge >= 0.3 is 0 Å². The average molecular weight is 250 g/mol. The molecule has 0 aliphatic heterocycles. The first-order chi connectivity index (χ1) is 8.18. The molecule has 0 bridgehead atoms. The second kappa shape index (κ2) is 5.06. The van der Waals surface area contributed by atoms with Crippen LogP contribution in [-0.4, -0.2) is 10.8 Å². The average Bonchev–Trinajstić information content (AvgIpc) is 2.34. The van der Waals surface area contributed by atoms with E-state index in [1.54, 1.807) is 30.6 Å². The van der Waals surface area contributed by atoms with Crippen LogP contribution in [0.5, 0.6) is 0 Å². The Balaban J connectivity index is 2.24. The Morgan fingerprint density at radius 1 is 1.29 bits per heavy atom. The molecule has 0 amide bonds. The Hall–Kier alpha value is -1.74. The number of carbonyl (C=O) groups is 1. The Bertz CT molecular complexity index is 542. The van der Waals surface area contributed by atoms with Crippen molar-refractivity contribution in [2.24, 2.45) is 0 Å². The van der Waals surface area contributed by atoms with Gasteiger partial charge in [0.25, 0.3) is 0 Å². The molecule has 0 aliphatic carbocycles. The maximum atomic E-state index is 13.6. The molecule has 4 heteroatoms. The van der Waals surface area contributed by atoms with Crippen LogP contribution in [0.3, 0.4) is 0 Å². The van der Waals surface area contributed by atoms with Crippen molar-refractivity contribution in [2.45, 2.75) is 6.42 Å². The van der Waals surface area contributed by atoms with E-state index < -0.39 is 5.82 Å². The fraction of sp³-hybridized carbons (Fsp3) is 0.0769. The number of ketones is 1. The van der Waals surface area contributed by atoms with Crippen LogP contribution in [0.4, 0.5) is 4.39 Å². The predicted octanol–water partition coefficient (Wildman–Crippen LogP) is 3.30. The van der Waals surface area contributed by atoms with Crippen LogP contribution in [0.15, 0.2) is 42.7 Å². The van der Waals surface area contributed by atoms with E-state index in [0.29, 0.717) is 0 Å². The first-order valence-electron chi connectivity index (χ1n) is 5.04. The molecule has 0 saturated heterocycles. The minimum absolute atomic E-state index is 0.0151. The van der Waals surface area contributed by atoms with Crippen LogP contribution in [0, 0.1) is 5.82 Å². The first-order valence-corrected chi connectivity index (χ1v) is 5.42. The van der Waals surface area contributed by atoms with Crippen LogP contribution >= 0.6 is 11.6 Å². The van der Waals surface area contributed by atoms with Crippen molar-refractivity contribution >= 4 is 17.4 Å². The number of halogens is 2. The summed E-state index contributed by atoms with van der Waals surface area (Å²) in [4.78, 5) is 15.8. The topological polar surface area (TPSA) is 30.0 Å². The summed E-state index contributed by atoms with van der Waals surface area (Å²) in [5.41, 5.74) is 0.762. The lowest BCUT2D eigenvalue weighted by Gasteiger charge is -2.03. The highest BCUT2D eigenvalue weighted by molar-refractivity contribution is 6.31. The largest absolute Gasteiger partial charge is 0.294 e. The summed E-state index contributed by atoms with van der Waals surface area (Å²) in [6.07, 6.45) is 3.32. The van der Waals surface area contributed by atoms with E-state index in [-0.39, 0.29) is 22.8 Å². The molecule has 0 radical (unpaired) electrons. The fourth-order valence-electron chi connectivity index (χ4n) is 1.50. The zero-order valence-corrected chi connectivity index (χ0v) is 9.62. The molecule has 0 atom stereocenters. The third-order valence-corrected chi connectivity index (χ3v) is 2.63. The van der Waals surface area contributed by atoms with Gasteiger partial charge in [-0.3, -0.25) is 9.78 Å². The number of hydrogen-bond donors (Lipinski definition) is 0. The van der Waals surface area contributed by atoms with Crippen molar-refractivity contribution in [1.82, 2.24) is 4.98 Å². The monoisotopic (exact) mass is 249 g/mol. The maximum Gasteiger partial charge on any atom is 0.170 e. The van der Waals surface area contributed by atoms with Gasteiger partial charge in [-0.15, -0.1) is 0 Å². The summed E-state index contributed by atoms with van der Waals surface area (Å²) >= 11 is 5.62. The Morgan fingerprint density at radius 3 is 2.82 bits per heavy atom. The maximum absolute atomic E-state index is 13.6. The number of carbonyl (C=O) groups excluding carboxylic acids is 1. The third-order valence-electron chi connectivity index (χ3n) is 2.34. The number of nitrogens with zero attached hydrogens (tertiary/aromatic N) is 1. The number of aromatic nitrogens is 1. The van der Waals surface area contributed by atoms with E-state index in [2.05, 4.69) is 4.98 Å². The van der Waals surface area contributed by atoms with Crippen molar-refractivity contribution < 1.29 is 9.18 Å². The van der Waals surface area contributed by atoms with Gasteiger partial charge in [-0.25, -0.2) is 4.39 Å². The molecule has 0 spiro atoms. The summed E-state index contributed by atoms with van der Waals surface area (Å²) in [6, 6.07) is 7.91. The van der Waals surface area contributed by atoms with Gasteiger partial charge in [0, 0.05) is 18.8 Å². The summed E-state index contributed by atoms with van der Waals surface area (Å²) in [5, 5.41) is -0.0398. The molecule has 1 heterocycles. The quantitative estimate of drug-likeness (QED) is 0.782. The van der Waals surface area contributed by atoms with Gasteiger partial charge in [-0.1, -0.05) is 23.7 Å². The Labute approximate surface area is 103 Å². The minimum Gasteiger partial charge on any atom is -0.294 e. The van der Waals surface area contributed by atoms with Gasteiger partial charge in [-0.2, -0.15) is 0 Å². The standard InChI is InChI=1S/C13H9ClFNO/c14-11-5-1-4-10(13(11)15)12(17)7-9-3-2-6-16-8-9/h1-6,8H,7H2. The number of rotatable bonds is 3. The Kier molecular flexibility index (Phi) is 3.49. The van der Waals surface area contributed by atoms with E-state index in [9.17, 15) is 9.18 Å². The molecule has 0 fully saturated rings. The zero-order chi connectivity index (χ0) is 12.3. The molecule has 0 aliphatic rings. The molecule has 17 heavy (non-hydrogen) atoms. The van der Waals surface area contributed by atoms with Gasteiger partial charge in [-0.05, 0) is 23.8 Å². The van der Waals surface area contributed by atoms with Crippen LogP contribution in [0.1, 0.15) is 15.9 Å². The molecule has 1 aromatic heterocycles. The Morgan fingerprint density at radius 2 is 2.12 bits per heavy atom. The molecule has 1 aromatic carbocycles. The van der Waals surface area contributed by atoms with Gasteiger partial charge in [0.15, 0.2) is 11.6 Å². The number of hydrogen-bond acceptors (Lipinski definition) is 2. The van der Waals surface area contributed by atoms with Gasteiger partial charge in [0.1, 0.15) is 0 Å². The normalized spacial score (nSPS) is 10.2. The highest BCUT2D eigenvalue weighted by Gasteiger charge is 2.14. The molecule has 0 unspecified atom stereocenters. The van der Waals surface area contributed by atoms with E-state index in [0.717, 1.165) is 5.56 Å². The lowest BCUT2D eigenvalue weighted by Crippen LogP contribution is -2.06. The van der Waals surface area contributed by atoms with Crippen molar-refractivity contribution in [2.75, 3.05) is 0 Å². The lowest BCUT2D eigenvalue weighted by atomic mass is 10.0. The second-order valence-electron chi connectivity index (χ2n) is 3.56. The van der Waals surface area contributed by atoms with E-state index >= 15 is 0 Å². The van der Waals surface area contributed by atoms with E-state index in [4.69, 9.17) is 11.6 Å². The van der Waals surface area contributed by atoms with Crippen molar-refractivity contribution in [3.05, 3.63) is 64.7 Å². The first kappa shape index (κ1) is 11.7. The molecule has 0 N–H and O–H groups in total. The summed E-state index contributed by atoms with van der Waals surface area (Å²) < 4.78 is 13.6. The zero-order valence-electron chi connectivity index (χ0n) is 8.86. The molecular weight excluding hydrogens is 241 g/mol. The molecule has 2 nitrogen and oxygen atoms in total. The van der Waals surface area contributed by atoms with E-state index in [1.165, 1.54) is 12.1 Å². The SMILES string of the molecule is O=C(Cc1cccnc1)c1cccc(Cl)c1F. The molecule has 2 aromatic rings. The van der Waals surface area contributed by atoms with Gasteiger partial charge < -0.3 is 0 Å². The number of Topliss-reactive ketones (excluding diaryl/α,β-unsaturated/α-hetero) is 1. The van der Waals surface area contributed by atoms with Crippen LogP contribution in [0.2, 0.25) is 5.02 Å². The predicted molar refractivity (Wildman–Crippen MR) is 63.7 cm³/mol. The summed E-state index contributed by atoms with van der Waals surface area (Å²) in [7, 11) is 0. The van der Waals surface area contributed by atoms with Gasteiger partial charge in [0.05, 0.1) is 10.6 Å². The van der Waals surface area contributed by atoms with E-state index in [1.807, 2.05) is 0 Å². The highest BCUT2D eigenvalue weighted by Crippen LogP contribution is 2.19. The molecule has 2 rings (SSSR count). The molecule has 86 valence electrons. The van der Waals surface area contributed by atoms with Gasteiger partial charge in [0.2, 0.25) is 0 Å². The number of benzene rings is 1. The van der Waals surface area contributed by atoms with Crippen LogP contribution in [0.25, 0.3) is 0 Å². The molecular formula is C13H9ClFNO. The summed E-state index contributed by atoms with van der Waals surface area (Å²) in [6.45, 7) is 0. The van der Waals surface area contributed by atoms with Crippen LogP contribution in [-0.2, 0) is 6.42 Å². The van der Waals surface area contributed by atoms with Crippen LogP contribution < -0.4 is 0 Å². The fourth-order valence-corrected chi connectivity index (χ4v) is 1.68. The minimum atomic E-state index is -0.664. The van der Waals surface area contributed by atoms with Crippen molar-refractivity contribution in [3.63, 3.8) is 0 Å². The third kappa shape index (κ3) is 2.68. The van der Waals surface area contributed by atoms with Crippen molar-refractivity contribution in [1.29, 1.82) is 0 Å². The lowest BCUT2D eigenvalue weighted by molar-refractivity contribution is 0.0989. The second-order valence-corrected chi connectivity index (χ2v) is 3.97. The highest BCUT2D eigenvalue weighted by atomic mass is 35.5. The van der Waals surface area contributed by atoms with Crippen molar-refractivity contribution in [3.8, 4) is 0 Å². The smallest absolute Gasteiger partial charge is 0.170 e. The summed E-state index contributed by atoms with van der Waals surface area (Å²) in [5.74, 6) is -0.971. The number of pyridine rings is 1. The molecule has 0 saturated carbocycles.